The van der Waals surface area contributed by atoms with Gasteiger partial charge in [-0.2, -0.15) is 12.6 Å². The van der Waals surface area contributed by atoms with Crippen molar-refractivity contribution in [3.8, 4) is 0 Å². The Morgan fingerprint density at radius 2 is 1.68 bits per heavy atom. The molecule has 1 amide bonds. The second-order valence-corrected chi connectivity index (χ2v) is 5.71. The summed E-state index contributed by atoms with van der Waals surface area (Å²) in [6, 6.07) is 0. The highest BCUT2D eigenvalue weighted by Gasteiger charge is 2.35. The van der Waals surface area contributed by atoms with Gasteiger partial charge in [-0.3, -0.25) is 9.59 Å². The molecule has 2 unspecified atom stereocenters. The Balaban J connectivity index is 2.25. The van der Waals surface area contributed by atoms with Crippen molar-refractivity contribution < 1.29 is 14.7 Å². The summed E-state index contributed by atoms with van der Waals surface area (Å²) in [6.07, 6.45) is 7.53. The highest BCUT2D eigenvalue weighted by atomic mass is 32.1. The number of aliphatic carboxylic acids is 1. The molecule has 0 heterocycles. The van der Waals surface area contributed by atoms with Gasteiger partial charge in [0.1, 0.15) is 0 Å². The van der Waals surface area contributed by atoms with Crippen molar-refractivity contribution in [3.63, 3.8) is 0 Å². The summed E-state index contributed by atoms with van der Waals surface area (Å²) in [6.45, 7) is 0.661. The first-order valence-corrected chi connectivity index (χ1v) is 7.91. The number of rotatable bonds is 8. The summed E-state index contributed by atoms with van der Waals surface area (Å²) >= 11 is 4.15. The van der Waals surface area contributed by atoms with E-state index in [9.17, 15) is 9.59 Å². The lowest BCUT2D eigenvalue weighted by atomic mass is 9.78. The minimum atomic E-state index is -0.825. The van der Waals surface area contributed by atoms with Gasteiger partial charge in [0.15, 0.2) is 0 Å². The smallest absolute Gasteiger partial charge is 0.307 e. The number of nitrogens with one attached hydrogen (secondary N) is 1. The SMILES string of the molecule is O=C(O)C1CCCCC1C(=O)NCCCCCCS. The maximum Gasteiger partial charge on any atom is 0.307 e. The molecular formula is C14H25NO3S. The van der Waals surface area contributed by atoms with E-state index in [1.54, 1.807) is 0 Å². The number of unbranched alkanes of at least 4 members (excludes halogenated alkanes) is 3. The molecule has 0 saturated heterocycles. The molecule has 0 radical (unpaired) electrons. The van der Waals surface area contributed by atoms with Crippen LogP contribution in [0.5, 0.6) is 0 Å². The summed E-state index contributed by atoms with van der Waals surface area (Å²) in [5.41, 5.74) is 0. The van der Waals surface area contributed by atoms with Gasteiger partial charge in [-0.25, -0.2) is 0 Å². The third kappa shape index (κ3) is 5.85. The van der Waals surface area contributed by atoms with Gasteiger partial charge in [0, 0.05) is 6.54 Å². The van der Waals surface area contributed by atoms with Crippen molar-refractivity contribution in [1.29, 1.82) is 0 Å². The Morgan fingerprint density at radius 3 is 2.32 bits per heavy atom. The quantitative estimate of drug-likeness (QED) is 0.474. The molecule has 1 aliphatic carbocycles. The van der Waals surface area contributed by atoms with Crippen molar-refractivity contribution in [1.82, 2.24) is 5.32 Å². The van der Waals surface area contributed by atoms with Gasteiger partial charge < -0.3 is 10.4 Å². The van der Waals surface area contributed by atoms with Crippen LogP contribution in [0.4, 0.5) is 0 Å². The Kier molecular flexibility index (Phi) is 7.94. The predicted octanol–water partition coefficient (Wildman–Crippen LogP) is 2.48. The fourth-order valence-corrected chi connectivity index (χ4v) is 2.90. The maximum absolute atomic E-state index is 12.0. The van der Waals surface area contributed by atoms with Gasteiger partial charge in [-0.05, 0) is 31.4 Å². The summed E-state index contributed by atoms with van der Waals surface area (Å²) in [7, 11) is 0. The predicted molar refractivity (Wildman–Crippen MR) is 78.4 cm³/mol. The first kappa shape index (κ1) is 16.3. The average molecular weight is 287 g/mol. The standard InChI is InChI=1S/C14H25NO3S/c16-13(15-9-5-1-2-6-10-19)11-7-3-4-8-12(11)14(17)18/h11-12,19H,1-10H2,(H,15,16)(H,17,18). The van der Waals surface area contributed by atoms with Crippen LogP contribution in [0.2, 0.25) is 0 Å². The topological polar surface area (TPSA) is 66.4 Å². The third-order valence-corrected chi connectivity index (χ3v) is 4.12. The van der Waals surface area contributed by atoms with E-state index in [1.165, 1.54) is 0 Å². The first-order valence-electron chi connectivity index (χ1n) is 7.28. The second kappa shape index (κ2) is 9.23. The zero-order valence-corrected chi connectivity index (χ0v) is 12.3. The van der Waals surface area contributed by atoms with Gasteiger partial charge in [-0.15, -0.1) is 0 Å². The largest absolute Gasteiger partial charge is 0.481 e. The van der Waals surface area contributed by atoms with Gasteiger partial charge in [0.2, 0.25) is 5.91 Å². The monoisotopic (exact) mass is 287 g/mol. The molecule has 1 aliphatic rings. The summed E-state index contributed by atoms with van der Waals surface area (Å²) < 4.78 is 0. The van der Waals surface area contributed by atoms with Crippen LogP contribution in [0.15, 0.2) is 0 Å². The minimum absolute atomic E-state index is 0.0682. The molecule has 0 bridgehead atoms. The van der Waals surface area contributed by atoms with Crippen molar-refractivity contribution in [2.24, 2.45) is 11.8 Å². The Labute approximate surface area is 120 Å². The molecule has 5 heteroatoms. The number of carboxylic acids is 1. The maximum atomic E-state index is 12.0. The van der Waals surface area contributed by atoms with Crippen LogP contribution < -0.4 is 5.32 Å². The van der Waals surface area contributed by atoms with Gasteiger partial charge in [0.05, 0.1) is 11.8 Å². The van der Waals surface area contributed by atoms with Gasteiger partial charge in [0.25, 0.3) is 0 Å². The van der Waals surface area contributed by atoms with E-state index in [1.807, 2.05) is 0 Å². The molecule has 4 nitrogen and oxygen atoms in total. The number of carbonyl (C=O) groups is 2. The van der Waals surface area contributed by atoms with Crippen LogP contribution >= 0.6 is 12.6 Å². The van der Waals surface area contributed by atoms with Crippen LogP contribution in [-0.2, 0) is 9.59 Å². The van der Waals surface area contributed by atoms with E-state index in [-0.39, 0.29) is 11.8 Å². The molecule has 0 aromatic rings. The van der Waals surface area contributed by atoms with Gasteiger partial charge in [-0.1, -0.05) is 25.7 Å². The highest BCUT2D eigenvalue weighted by molar-refractivity contribution is 7.80. The molecule has 110 valence electrons. The van der Waals surface area contributed by atoms with E-state index in [2.05, 4.69) is 17.9 Å². The summed E-state index contributed by atoms with van der Waals surface area (Å²) in [4.78, 5) is 23.1. The fourth-order valence-electron chi connectivity index (χ4n) is 2.67. The zero-order valence-electron chi connectivity index (χ0n) is 11.4. The van der Waals surface area contributed by atoms with E-state index in [0.717, 1.165) is 44.3 Å². The van der Waals surface area contributed by atoms with Crippen LogP contribution in [-0.4, -0.2) is 29.3 Å². The Morgan fingerprint density at radius 1 is 1.05 bits per heavy atom. The molecule has 0 aromatic carbocycles. The van der Waals surface area contributed by atoms with Crippen molar-refractivity contribution in [2.75, 3.05) is 12.3 Å². The molecule has 2 atom stereocenters. The molecule has 0 spiro atoms. The van der Waals surface area contributed by atoms with E-state index >= 15 is 0 Å². The lowest BCUT2D eigenvalue weighted by Gasteiger charge is -2.27. The van der Waals surface area contributed by atoms with Crippen LogP contribution in [0.3, 0.4) is 0 Å². The van der Waals surface area contributed by atoms with E-state index in [0.29, 0.717) is 19.4 Å². The Bertz CT molecular complexity index is 296. The van der Waals surface area contributed by atoms with Crippen molar-refractivity contribution >= 4 is 24.5 Å². The van der Waals surface area contributed by atoms with Crippen LogP contribution in [0, 0.1) is 11.8 Å². The molecular weight excluding hydrogens is 262 g/mol. The number of amides is 1. The highest BCUT2D eigenvalue weighted by Crippen LogP contribution is 2.30. The first-order chi connectivity index (χ1) is 9.16. The second-order valence-electron chi connectivity index (χ2n) is 5.26. The molecule has 1 rings (SSSR count). The van der Waals surface area contributed by atoms with Crippen molar-refractivity contribution in [2.45, 2.75) is 51.4 Å². The zero-order chi connectivity index (χ0) is 14.1. The van der Waals surface area contributed by atoms with E-state index in [4.69, 9.17) is 5.11 Å². The number of hydrogen-bond acceptors (Lipinski definition) is 3. The fraction of sp³-hybridized carbons (Fsp3) is 0.857. The molecule has 0 aliphatic heterocycles. The molecule has 1 fully saturated rings. The number of carbonyl (C=O) groups excluding carboxylic acids is 1. The lowest BCUT2D eigenvalue weighted by molar-refractivity contribution is -0.148. The Hall–Kier alpha value is -0.710. The molecule has 2 N–H and O–H groups in total. The van der Waals surface area contributed by atoms with E-state index < -0.39 is 11.9 Å². The number of thiol groups is 1. The average Bonchev–Trinajstić information content (AvgIpc) is 2.42. The van der Waals surface area contributed by atoms with Crippen LogP contribution in [0.1, 0.15) is 51.4 Å². The molecule has 1 saturated carbocycles. The van der Waals surface area contributed by atoms with Gasteiger partial charge >= 0.3 is 5.97 Å². The number of hydrogen-bond donors (Lipinski definition) is 3. The van der Waals surface area contributed by atoms with Crippen LogP contribution in [0.25, 0.3) is 0 Å². The lowest BCUT2D eigenvalue weighted by Crippen LogP contribution is -2.40. The number of carboxylic acid groups (broad SMARTS) is 1. The molecule has 0 aromatic heterocycles. The third-order valence-electron chi connectivity index (χ3n) is 3.80. The summed E-state index contributed by atoms with van der Waals surface area (Å²) in [5.74, 6) is -0.800. The van der Waals surface area contributed by atoms with Crippen molar-refractivity contribution in [3.05, 3.63) is 0 Å². The normalized spacial score (nSPS) is 23.0. The molecule has 19 heavy (non-hydrogen) atoms. The summed E-state index contributed by atoms with van der Waals surface area (Å²) in [5, 5.41) is 12.0. The minimum Gasteiger partial charge on any atom is -0.481 e.